The predicted octanol–water partition coefficient (Wildman–Crippen LogP) is -9.75. The molecule has 19 atom stereocenters. The van der Waals surface area contributed by atoms with Crippen LogP contribution in [0.1, 0.15) is 0 Å². The second kappa shape index (κ2) is 15.1. The van der Waals surface area contributed by atoms with E-state index >= 15 is 0 Å². The van der Waals surface area contributed by atoms with Crippen LogP contribution in [-0.4, -0.2) is 221 Å². The Morgan fingerprint density at radius 2 is 0.844 bits per heavy atom. The Hall–Kier alpha value is -0.840. The van der Waals surface area contributed by atoms with Crippen LogP contribution in [-0.2, 0) is 33.2 Å². The molecule has 21 nitrogen and oxygen atoms in total. The summed E-state index contributed by atoms with van der Waals surface area (Å²) in [4.78, 5) is 0. The molecular weight excluding hydrogens is 624 g/mol. The van der Waals surface area contributed by atoms with Gasteiger partial charge >= 0.3 is 0 Å². The molecule has 0 spiro atoms. The Morgan fingerprint density at radius 1 is 0.444 bits per heavy atom. The lowest BCUT2D eigenvalue weighted by Gasteiger charge is -2.45. The zero-order valence-corrected chi connectivity index (χ0v) is 23.5. The molecule has 0 aliphatic carbocycles. The molecule has 14 N–H and O–H groups in total. The molecule has 4 heterocycles. The fourth-order valence-corrected chi connectivity index (χ4v) is 5.39. The van der Waals surface area contributed by atoms with Gasteiger partial charge in [-0.05, 0) is 0 Å². The lowest BCUT2D eigenvalue weighted by atomic mass is 9.98. The molecule has 0 bridgehead atoms. The molecule has 4 rings (SSSR count). The van der Waals surface area contributed by atoms with E-state index in [2.05, 4.69) is 0 Å². The van der Waals surface area contributed by atoms with Crippen molar-refractivity contribution in [1.82, 2.24) is 0 Å². The maximum Gasteiger partial charge on any atom is 0.224 e. The second-order valence-corrected chi connectivity index (χ2v) is 11.3. The van der Waals surface area contributed by atoms with E-state index in [0.717, 1.165) is 0 Å². The Morgan fingerprint density at radius 3 is 1.27 bits per heavy atom. The minimum atomic E-state index is -2.43. The first-order valence-electron chi connectivity index (χ1n) is 14.1. The Bertz CT molecular complexity index is 931. The molecule has 4 aliphatic heterocycles. The van der Waals surface area contributed by atoms with E-state index in [1.807, 2.05) is 0 Å². The third kappa shape index (κ3) is 7.29. The normalized spacial score (nSPS) is 52.7. The van der Waals surface area contributed by atoms with E-state index in [1.165, 1.54) is 0 Å². The Kier molecular flexibility index (Phi) is 12.5. The van der Waals surface area contributed by atoms with Gasteiger partial charge in [-0.25, -0.2) is 0 Å². The SMILES string of the molecule is OC[C@H]1O[C@@](CO)(O[C@H]2O[C@H](CO[C@H]3O[C@H](CO[C@H]4O[C@H](CO)[C@@H](O)[C@H](O)[C@H]4O)[C@@H](O)[C@H](O)[C@H]3O)[C@@H](O)[C@H](O)[C@H]2O)[C@@H](O)[C@@H]1O. The molecule has 0 aromatic heterocycles. The molecule has 4 saturated heterocycles. The van der Waals surface area contributed by atoms with Crippen molar-refractivity contribution in [1.29, 1.82) is 0 Å². The van der Waals surface area contributed by atoms with E-state index in [0.29, 0.717) is 0 Å². The van der Waals surface area contributed by atoms with E-state index in [-0.39, 0.29) is 0 Å². The minimum absolute atomic E-state index is 0.650. The molecule has 0 radical (unpaired) electrons. The van der Waals surface area contributed by atoms with E-state index in [9.17, 15) is 71.5 Å². The first kappa shape index (κ1) is 37.0. The van der Waals surface area contributed by atoms with Gasteiger partial charge in [0.1, 0.15) is 98.2 Å². The van der Waals surface area contributed by atoms with Crippen LogP contribution in [0.3, 0.4) is 0 Å². The monoisotopic (exact) mass is 666 g/mol. The van der Waals surface area contributed by atoms with Crippen molar-refractivity contribution in [3.05, 3.63) is 0 Å². The number of aliphatic hydroxyl groups is 14. The van der Waals surface area contributed by atoms with Crippen molar-refractivity contribution in [3.63, 3.8) is 0 Å². The van der Waals surface area contributed by atoms with Gasteiger partial charge in [0.25, 0.3) is 0 Å². The molecule has 0 unspecified atom stereocenters. The molecule has 21 heteroatoms. The summed E-state index contributed by atoms with van der Waals surface area (Å²) >= 11 is 0. The van der Waals surface area contributed by atoms with Crippen LogP contribution in [0, 0.1) is 0 Å². The van der Waals surface area contributed by atoms with Crippen LogP contribution in [0.2, 0.25) is 0 Å². The smallest absolute Gasteiger partial charge is 0.224 e. The average Bonchev–Trinajstić information content (AvgIpc) is 3.28. The third-order valence-electron chi connectivity index (χ3n) is 8.26. The summed E-state index contributed by atoms with van der Waals surface area (Å²) in [5.74, 6) is -2.43. The minimum Gasteiger partial charge on any atom is -0.394 e. The standard InChI is InChI=1S/C24H42O21/c25-1-6-10(28)14(32)17(35)21(41-6)39-3-8-11(29)15(33)18(36)22(42-8)40-4-9-12(30)16(34)19(37)23(43-9)45-24(5-27)20(38)13(31)7(2-26)44-24/h6-23,25-38H,1-5H2/t6-,7-,8-,9-,10-,11-,12-,13-,14+,15+,16+,17-,18-,19-,20+,21+,22+,23-,24+/m1/s1. The van der Waals surface area contributed by atoms with Crippen LogP contribution in [0.4, 0.5) is 0 Å². The quantitative estimate of drug-likeness (QED) is 0.0973. The van der Waals surface area contributed by atoms with Crippen molar-refractivity contribution in [3.8, 4) is 0 Å². The highest BCUT2D eigenvalue weighted by Gasteiger charge is 2.58. The molecule has 4 fully saturated rings. The first-order valence-corrected chi connectivity index (χ1v) is 14.1. The summed E-state index contributed by atoms with van der Waals surface area (Å²) in [7, 11) is 0. The van der Waals surface area contributed by atoms with Crippen LogP contribution in [0.25, 0.3) is 0 Å². The van der Waals surface area contributed by atoms with Gasteiger partial charge < -0.3 is 105 Å². The fourth-order valence-electron chi connectivity index (χ4n) is 5.39. The summed E-state index contributed by atoms with van der Waals surface area (Å²) < 4.78 is 37.6. The molecule has 0 aromatic carbocycles. The van der Waals surface area contributed by atoms with Gasteiger partial charge in [-0.3, -0.25) is 0 Å². The van der Waals surface area contributed by atoms with Crippen molar-refractivity contribution >= 4 is 0 Å². The van der Waals surface area contributed by atoms with Crippen molar-refractivity contribution in [2.24, 2.45) is 0 Å². The van der Waals surface area contributed by atoms with Gasteiger partial charge in [-0.1, -0.05) is 0 Å². The van der Waals surface area contributed by atoms with Gasteiger partial charge in [0.05, 0.1) is 26.4 Å². The largest absolute Gasteiger partial charge is 0.394 e. The number of ether oxygens (including phenoxy) is 7. The molecule has 264 valence electrons. The molecule has 0 aromatic rings. The number of hydrogen-bond donors (Lipinski definition) is 14. The summed E-state index contributed by atoms with van der Waals surface area (Å²) in [6, 6.07) is 0. The van der Waals surface area contributed by atoms with E-state index in [1.54, 1.807) is 0 Å². The number of aliphatic hydroxyl groups excluding tert-OH is 14. The first-order chi connectivity index (χ1) is 21.2. The molecule has 45 heavy (non-hydrogen) atoms. The second-order valence-electron chi connectivity index (χ2n) is 11.3. The number of rotatable bonds is 11. The lowest BCUT2D eigenvalue weighted by molar-refractivity contribution is -0.388. The zero-order chi connectivity index (χ0) is 33.4. The van der Waals surface area contributed by atoms with Crippen LogP contribution >= 0.6 is 0 Å². The highest BCUT2D eigenvalue weighted by molar-refractivity contribution is 4.99. The molecule has 0 saturated carbocycles. The van der Waals surface area contributed by atoms with Gasteiger partial charge in [0.2, 0.25) is 5.79 Å². The topological polar surface area (TPSA) is 348 Å². The van der Waals surface area contributed by atoms with Crippen LogP contribution in [0.5, 0.6) is 0 Å². The zero-order valence-electron chi connectivity index (χ0n) is 23.5. The molecule has 4 aliphatic rings. The van der Waals surface area contributed by atoms with E-state index in [4.69, 9.17) is 33.2 Å². The summed E-state index contributed by atoms with van der Waals surface area (Å²) in [6.45, 7) is -4.02. The molecule has 0 amide bonds. The maximum absolute atomic E-state index is 10.5. The van der Waals surface area contributed by atoms with Crippen molar-refractivity contribution in [2.45, 2.75) is 116 Å². The molecular formula is C24H42O21. The van der Waals surface area contributed by atoms with Crippen molar-refractivity contribution < 1.29 is 105 Å². The van der Waals surface area contributed by atoms with E-state index < -0.39 is 149 Å². The highest BCUT2D eigenvalue weighted by Crippen LogP contribution is 2.36. The summed E-state index contributed by atoms with van der Waals surface area (Å²) in [6.07, 6.45) is -31.4. The summed E-state index contributed by atoms with van der Waals surface area (Å²) in [5, 5.41) is 141. The van der Waals surface area contributed by atoms with Gasteiger partial charge in [0.15, 0.2) is 18.9 Å². The predicted molar refractivity (Wildman–Crippen MR) is 134 cm³/mol. The average molecular weight is 667 g/mol. The van der Waals surface area contributed by atoms with Crippen LogP contribution in [0.15, 0.2) is 0 Å². The Balaban J connectivity index is 1.39. The van der Waals surface area contributed by atoms with Crippen molar-refractivity contribution in [2.75, 3.05) is 33.0 Å². The maximum atomic E-state index is 10.5. The lowest BCUT2D eigenvalue weighted by Crippen LogP contribution is -2.64. The van der Waals surface area contributed by atoms with Gasteiger partial charge in [0, 0.05) is 0 Å². The van der Waals surface area contributed by atoms with Gasteiger partial charge in [-0.2, -0.15) is 0 Å². The Labute approximate surface area is 254 Å². The van der Waals surface area contributed by atoms with Crippen LogP contribution < -0.4 is 0 Å². The highest BCUT2D eigenvalue weighted by atomic mass is 16.8. The number of hydrogen-bond acceptors (Lipinski definition) is 21. The fraction of sp³-hybridized carbons (Fsp3) is 1.00. The third-order valence-corrected chi connectivity index (χ3v) is 8.26. The van der Waals surface area contributed by atoms with Gasteiger partial charge in [-0.15, -0.1) is 0 Å². The summed E-state index contributed by atoms with van der Waals surface area (Å²) in [5.41, 5.74) is 0.